The third kappa shape index (κ3) is 4.05. The summed E-state index contributed by atoms with van der Waals surface area (Å²) >= 11 is 5.91. The normalized spacial score (nSPS) is 14.7. The maximum Gasteiger partial charge on any atom is 0.242 e. The third-order valence-corrected chi connectivity index (χ3v) is 6.85. The minimum Gasteiger partial charge on any atom is -0.356 e. The Hall–Kier alpha value is -2.29. The van der Waals surface area contributed by atoms with E-state index in [1.165, 1.54) is 0 Å². The van der Waals surface area contributed by atoms with Gasteiger partial charge in [0.05, 0.1) is 17.1 Å². The smallest absolute Gasteiger partial charge is 0.242 e. The lowest BCUT2D eigenvalue weighted by Gasteiger charge is -2.20. The predicted octanol–water partition coefficient (Wildman–Crippen LogP) is 3.81. The molecule has 0 aliphatic carbocycles. The van der Waals surface area contributed by atoms with Crippen molar-refractivity contribution in [2.24, 2.45) is 0 Å². The molecule has 1 saturated heterocycles. The molecule has 0 spiro atoms. The zero-order chi connectivity index (χ0) is 20.6. The lowest BCUT2D eigenvalue weighted by molar-refractivity contribution is 0.578. The molecular weight excluding hydrogens is 415 g/mol. The van der Waals surface area contributed by atoms with Crippen LogP contribution in [0, 0.1) is 12.7 Å². The first-order chi connectivity index (χ1) is 13.8. The minimum atomic E-state index is -3.94. The Kier molecular flexibility index (Phi) is 5.42. The van der Waals surface area contributed by atoms with Gasteiger partial charge in [-0.1, -0.05) is 23.7 Å². The van der Waals surface area contributed by atoms with Crippen LogP contribution in [0.4, 0.5) is 10.2 Å². The van der Waals surface area contributed by atoms with Crippen LogP contribution in [-0.4, -0.2) is 31.5 Å². The van der Waals surface area contributed by atoms with E-state index in [2.05, 4.69) is 19.6 Å². The van der Waals surface area contributed by atoms with Crippen molar-refractivity contribution in [1.29, 1.82) is 0 Å². The summed E-state index contributed by atoms with van der Waals surface area (Å²) in [7, 11) is -3.94. The number of para-hydroxylation sites is 1. The molecule has 152 valence electrons. The van der Waals surface area contributed by atoms with Gasteiger partial charge in [0, 0.05) is 18.5 Å². The number of sulfonamides is 1. The molecule has 3 aromatic rings. The fourth-order valence-electron chi connectivity index (χ4n) is 3.50. The first-order valence-corrected chi connectivity index (χ1v) is 11.2. The monoisotopic (exact) mass is 434 g/mol. The zero-order valence-corrected chi connectivity index (χ0v) is 17.4. The summed E-state index contributed by atoms with van der Waals surface area (Å²) in [6.45, 7) is 3.70. The van der Waals surface area contributed by atoms with Gasteiger partial charge in [0.2, 0.25) is 10.0 Å². The van der Waals surface area contributed by atoms with Gasteiger partial charge in [-0.2, -0.15) is 0 Å². The van der Waals surface area contributed by atoms with E-state index < -0.39 is 15.8 Å². The van der Waals surface area contributed by atoms with Gasteiger partial charge in [0.15, 0.2) is 0 Å². The molecule has 1 N–H and O–H groups in total. The molecule has 0 bridgehead atoms. The lowest BCUT2D eigenvalue weighted by Crippen LogP contribution is -2.26. The van der Waals surface area contributed by atoms with Crippen LogP contribution in [0.1, 0.15) is 24.2 Å². The van der Waals surface area contributed by atoms with Gasteiger partial charge < -0.3 is 4.90 Å². The van der Waals surface area contributed by atoms with E-state index in [9.17, 15) is 12.8 Å². The number of nitrogens with one attached hydrogen (secondary N) is 1. The van der Waals surface area contributed by atoms with Gasteiger partial charge in [0.1, 0.15) is 22.4 Å². The topological polar surface area (TPSA) is 75.2 Å². The molecule has 6 nitrogen and oxygen atoms in total. The van der Waals surface area contributed by atoms with Crippen molar-refractivity contribution in [1.82, 2.24) is 14.7 Å². The highest BCUT2D eigenvalue weighted by Crippen LogP contribution is 2.29. The van der Waals surface area contributed by atoms with E-state index in [1.54, 1.807) is 0 Å². The molecule has 1 aromatic heterocycles. The molecule has 0 atom stereocenters. The number of nitrogens with zero attached hydrogens (tertiary/aromatic N) is 3. The maximum absolute atomic E-state index is 13.2. The molecule has 29 heavy (non-hydrogen) atoms. The first-order valence-electron chi connectivity index (χ1n) is 9.31. The quantitative estimate of drug-likeness (QED) is 0.660. The Bertz CT molecular complexity index is 1180. The highest BCUT2D eigenvalue weighted by molar-refractivity contribution is 7.89. The Morgan fingerprint density at radius 2 is 1.93 bits per heavy atom. The summed E-state index contributed by atoms with van der Waals surface area (Å²) in [6, 6.07) is 9.09. The molecule has 1 aliphatic heterocycles. The number of benzene rings is 2. The van der Waals surface area contributed by atoms with Gasteiger partial charge in [-0.05, 0) is 49.6 Å². The van der Waals surface area contributed by atoms with Crippen LogP contribution in [0.5, 0.6) is 0 Å². The van der Waals surface area contributed by atoms with Crippen LogP contribution in [0.3, 0.4) is 0 Å². The Labute approximate surface area is 173 Å². The Morgan fingerprint density at radius 3 is 2.66 bits per heavy atom. The summed E-state index contributed by atoms with van der Waals surface area (Å²) in [5, 5.41) is 0.783. The Balaban J connectivity index is 1.68. The molecule has 9 heteroatoms. The van der Waals surface area contributed by atoms with Crippen molar-refractivity contribution in [3.63, 3.8) is 0 Å². The highest BCUT2D eigenvalue weighted by atomic mass is 35.5. The third-order valence-electron chi connectivity index (χ3n) is 4.96. The van der Waals surface area contributed by atoms with Crippen LogP contribution in [0.25, 0.3) is 10.9 Å². The van der Waals surface area contributed by atoms with Crippen molar-refractivity contribution in [2.75, 3.05) is 18.0 Å². The number of anilines is 1. The second kappa shape index (κ2) is 7.85. The lowest BCUT2D eigenvalue weighted by atomic mass is 10.1. The van der Waals surface area contributed by atoms with Gasteiger partial charge in [-0.15, -0.1) is 0 Å². The number of halogens is 2. The van der Waals surface area contributed by atoms with Gasteiger partial charge in [0.25, 0.3) is 0 Å². The zero-order valence-electron chi connectivity index (χ0n) is 15.8. The molecule has 0 unspecified atom stereocenters. The summed E-state index contributed by atoms with van der Waals surface area (Å²) in [6.07, 6.45) is 2.20. The van der Waals surface area contributed by atoms with Crippen molar-refractivity contribution in [3.05, 3.63) is 58.6 Å². The van der Waals surface area contributed by atoms with Crippen LogP contribution in [-0.2, 0) is 16.6 Å². The van der Waals surface area contributed by atoms with E-state index in [0.717, 1.165) is 66.4 Å². The summed E-state index contributed by atoms with van der Waals surface area (Å²) < 4.78 is 41.0. The van der Waals surface area contributed by atoms with Crippen molar-refractivity contribution in [2.45, 2.75) is 31.2 Å². The summed E-state index contributed by atoms with van der Waals surface area (Å²) in [4.78, 5) is 11.3. The maximum atomic E-state index is 13.2. The molecule has 4 rings (SSSR count). The Morgan fingerprint density at radius 1 is 1.17 bits per heavy atom. The molecule has 0 saturated carbocycles. The molecule has 1 fully saturated rings. The SMILES string of the molecule is Cc1cccc2c(N3CCCC3)nc(CNS(=O)(=O)c3ccc(F)cc3Cl)nc12. The average Bonchev–Trinajstić information content (AvgIpc) is 3.21. The minimum absolute atomic E-state index is 0.0961. The molecule has 2 heterocycles. The van der Waals surface area contributed by atoms with Gasteiger partial charge in [-0.25, -0.2) is 27.5 Å². The largest absolute Gasteiger partial charge is 0.356 e. The number of aromatic nitrogens is 2. The second-order valence-corrected chi connectivity index (χ2v) is 9.17. The molecular formula is C20H20ClFN4O2S. The highest BCUT2D eigenvalue weighted by Gasteiger charge is 2.21. The number of fused-ring (bicyclic) bond motifs is 1. The van der Waals surface area contributed by atoms with Crippen LogP contribution in [0.15, 0.2) is 41.3 Å². The van der Waals surface area contributed by atoms with E-state index in [-0.39, 0.29) is 16.5 Å². The van der Waals surface area contributed by atoms with E-state index >= 15 is 0 Å². The van der Waals surface area contributed by atoms with Crippen molar-refractivity contribution < 1.29 is 12.8 Å². The average molecular weight is 435 g/mol. The second-order valence-electron chi connectivity index (χ2n) is 7.03. The van der Waals surface area contributed by atoms with Crippen LogP contribution >= 0.6 is 11.6 Å². The predicted molar refractivity (Wildman–Crippen MR) is 111 cm³/mol. The van der Waals surface area contributed by atoms with Crippen molar-refractivity contribution >= 4 is 38.3 Å². The standard InChI is InChI=1S/C20H20ClFN4O2S/c1-13-5-4-6-15-19(13)24-18(25-20(15)26-9-2-3-10-26)12-23-29(27,28)17-8-7-14(22)11-16(17)21/h4-8,11,23H,2-3,9-10,12H2,1H3. The molecule has 0 radical (unpaired) electrons. The first kappa shape index (κ1) is 20.0. The van der Waals surface area contributed by atoms with Crippen LogP contribution < -0.4 is 9.62 Å². The summed E-state index contributed by atoms with van der Waals surface area (Å²) in [5.74, 6) is 0.596. The van der Waals surface area contributed by atoms with Crippen molar-refractivity contribution in [3.8, 4) is 0 Å². The van der Waals surface area contributed by atoms with E-state index in [0.29, 0.717) is 5.82 Å². The van der Waals surface area contributed by atoms with E-state index in [4.69, 9.17) is 11.6 Å². The van der Waals surface area contributed by atoms with Gasteiger partial charge in [-0.3, -0.25) is 0 Å². The molecule has 0 amide bonds. The van der Waals surface area contributed by atoms with E-state index in [1.807, 2.05) is 25.1 Å². The summed E-state index contributed by atoms with van der Waals surface area (Å²) in [5.41, 5.74) is 1.80. The number of aryl methyl sites for hydroxylation is 1. The number of rotatable bonds is 5. The van der Waals surface area contributed by atoms with Gasteiger partial charge >= 0.3 is 0 Å². The molecule has 1 aliphatic rings. The number of hydrogen-bond donors (Lipinski definition) is 1. The number of hydrogen-bond acceptors (Lipinski definition) is 5. The molecule has 2 aromatic carbocycles. The fraction of sp³-hybridized carbons (Fsp3) is 0.300. The fourth-order valence-corrected chi connectivity index (χ4v) is 5.01. The van der Waals surface area contributed by atoms with Crippen LogP contribution in [0.2, 0.25) is 5.02 Å².